The molecule has 1 fully saturated rings. The lowest BCUT2D eigenvalue weighted by Crippen LogP contribution is -2.47. The van der Waals surface area contributed by atoms with Crippen molar-refractivity contribution in [2.45, 2.75) is 70.0 Å². The molecule has 1 aromatic rings. The van der Waals surface area contributed by atoms with E-state index in [9.17, 15) is 18.0 Å². The third kappa shape index (κ3) is 4.39. The summed E-state index contributed by atoms with van der Waals surface area (Å²) in [6, 6.07) is 1.62. The average Bonchev–Trinajstić information content (AvgIpc) is 3.37. The minimum absolute atomic E-state index is 0.164. The second-order valence-corrected chi connectivity index (χ2v) is 10.7. The topological polar surface area (TPSA) is 95.6 Å². The van der Waals surface area contributed by atoms with Gasteiger partial charge in [-0.3, -0.25) is 9.69 Å². The summed E-state index contributed by atoms with van der Waals surface area (Å²) in [5.41, 5.74) is 5.79. The van der Waals surface area contributed by atoms with Crippen LogP contribution in [0.1, 0.15) is 61.3 Å². The molecule has 2 aliphatic carbocycles. The van der Waals surface area contributed by atoms with Gasteiger partial charge in [0.25, 0.3) is 0 Å². The van der Waals surface area contributed by atoms with E-state index in [4.69, 9.17) is 0 Å². The Balaban J connectivity index is 1.40. The number of likely N-dealkylation sites (tertiary alicyclic amines) is 1. The Labute approximate surface area is 178 Å². The Bertz CT molecular complexity index is 917. The summed E-state index contributed by atoms with van der Waals surface area (Å²) in [7, 11) is -3.76. The number of anilines is 1. The van der Waals surface area contributed by atoms with Crippen LogP contribution in [0.4, 0.5) is 10.5 Å². The predicted octanol–water partition coefficient (Wildman–Crippen LogP) is 2.56. The second-order valence-electron chi connectivity index (χ2n) is 8.70. The summed E-state index contributed by atoms with van der Waals surface area (Å²) in [5, 5.41) is 2.29. The van der Waals surface area contributed by atoms with Gasteiger partial charge in [-0.05, 0) is 86.7 Å². The molecule has 0 aromatic heterocycles. The van der Waals surface area contributed by atoms with Crippen LogP contribution in [-0.2, 0) is 40.5 Å². The molecule has 0 saturated carbocycles. The van der Waals surface area contributed by atoms with E-state index >= 15 is 0 Å². The zero-order chi connectivity index (χ0) is 21.3. The molecular formula is C22H31N3O4S. The number of benzene rings is 1. The largest absolute Gasteiger partial charge is 0.332 e. The van der Waals surface area contributed by atoms with E-state index in [1.54, 1.807) is 0 Å². The van der Waals surface area contributed by atoms with Crippen molar-refractivity contribution in [3.05, 3.63) is 28.3 Å². The molecule has 0 bridgehead atoms. The molecule has 30 heavy (non-hydrogen) atoms. The van der Waals surface area contributed by atoms with Crippen LogP contribution < -0.4 is 10.0 Å². The van der Waals surface area contributed by atoms with Crippen molar-refractivity contribution in [2.24, 2.45) is 0 Å². The maximum absolute atomic E-state index is 12.8. The van der Waals surface area contributed by atoms with E-state index in [1.807, 2.05) is 11.8 Å². The van der Waals surface area contributed by atoms with Gasteiger partial charge in [0.2, 0.25) is 10.0 Å². The Morgan fingerprint density at radius 1 is 1.03 bits per heavy atom. The van der Waals surface area contributed by atoms with Gasteiger partial charge in [-0.15, -0.1) is 0 Å². The molecule has 3 aliphatic rings. The van der Waals surface area contributed by atoms with Crippen molar-refractivity contribution >= 4 is 27.5 Å². The summed E-state index contributed by atoms with van der Waals surface area (Å²) in [6.45, 7) is 3.32. The molecule has 1 aromatic carbocycles. The number of amides is 2. The number of nitrogens with zero attached hydrogens (tertiary/aromatic N) is 1. The number of rotatable bonds is 6. The fourth-order valence-electron chi connectivity index (χ4n) is 5.06. The van der Waals surface area contributed by atoms with Crippen molar-refractivity contribution in [2.75, 3.05) is 25.0 Å². The fourth-order valence-corrected chi connectivity index (χ4v) is 6.37. The van der Waals surface area contributed by atoms with Crippen molar-refractivity contribution < 1.29 is 18.0 Å². The summed E-state index contributed by atoms with van der Waals surface area (Å²) in [4.78, 5) is 26.3. The number of fused-ring (bicyclic) bond motifs is 2. The number of piperidine rings is 1. The van der Waals surface area contributed by atoms with Crippen LogP contribution in [0.25, 0.3) is 0 Å². The number of nitrogens with one attached hydrogen (secondary N) is 2. The van der Waals surface area contributed by atoms with Crippen LogP contribution in [0, 0.1) is 0 Å². The van der Waals surface area contributed by atoms with Crippen molar-refractivity contribution in [3.8, 4) is 0 Å². The molecule has 1 saturated heterocycles. The molecular weight excluding hydrogens is 402 g/mol. The van der Waals surface area contributed by atoms with Gasteiger partial charge in [-0.2, -0.15) is 0 Å². The zero-order valence-electron chi connectivity index (χ0n) is 17.6. The molecule has 0 radical (unpaired) electrons. The number of sulfonamides is 1. The molecule has 0 unspecified atom stereocenters. The smallest absolute Gasteiger partial charge is 0.307 e. The fraction of sp³-hybridized carbons (Fsp3) is 0.636. The summed E-state index contributed by atoms with van der Waals surface area (Å²) < 4.78 is 27.8. The number of hydrogen-bond acceptors (Lipinski definition) is 5. The first-order valence-electron chi connectivity index (χ1n) is 11.1. The third-order valence-corrected chi connectivity index (χ3v) is 8.53. The van der Waals surface area contributed by atoms with Crippen LogP contribution in [0.3, 0.4) is 0 Å². The highest BCUT2D eigenvalue weighted by Gasteiger charge is 2.32. The molecule has 1 aliphatic heterocycles. The molecule has 2 amide bonds. The van der Waals surface area contributed by atoms with Gasteiger partial charge in [-0.1, -0.05) is 13.0 Å². The number of hydrogen-bond donors (Lipinski definition) is 2. The summed E-state index contributed by atoms with van der Waals surface area (Å²) >= 11 is 0. The van der Waals surface area contributed by atoms with Gasteiger partial charge in [0, 0.05) is 12.1 Å². The van der Waals surface area contributed by atoms with Crippen LogP contribution in [0.5, 0.6) is 0 Å². The summed E-state index contributed by atoms with van der Waals surface area (Å²) in [6.07, 6.45) is 7.41. The Morgan fingerprint density at radius 3 is 2.20 bits per heavy atom. The van der Waals surface area contributed by atoms with Gasteiger partial charge in [-0.25, -0.2) is 17.9 Å². The van der Waals surface area contributed by atoms with E-state index < -0.39 is 21.3 Å². The number of ketones is 1. The average molecular weight is 434 g/mol. The van der Waals surface area contributed by atoms with Crippen LogP contribution in [0.15, 0.2) is 6.07 Å². The summed E-state index contributed by atoms with van der Waals surface area (Å²) in [5.74, 6) is 0.164. The van der Waals surface area contributed by atoms with Gasteiger partial charge in [0.15, 0.2) is 0 Å². The van der Waals surface area contributed by atoms with E-state index in [0.717, 1.165) is 44.2 Å². The van der Waals surface area contributed by atoms with Gasteiger partial charge < -0.3 is 5.32 Å². The first-order chi connectivity index (χ1) is 14.4. The second kappa shape index (κ2) is 8.67. The number of urea groups is 1. The molecule has 2 N–H and O–H groups in total. The Morgan fingerprint density at radius 2 is 1.63 bits per heavy atom. The first-order valence-corrected chi connectivity index (χ1v) is 12.6. The van der Waals surface area contributed by atoms with Crippen LogP contribution in [0.2, 0.25) is 0 Å². The number of Topliss-reactive ketones (excluding diaryl/α,β-unsaturated/α-hetero) is 1. The van der Waals surface area contributed by atoms with Gasteiger partial charge in [0.05, 0.1) is 11.8 Å². The SMILES string of the molecule is CCC(=O)CN1CCC(S(=O)(=O)NC(=O)Nc2c3c(cc4c2CCC4)CCC3)CC1. The number of carbonyl (C=O) groups excluding carboxylic acids is 2. The molecule has 8 heteroatoms. The lowest BCUT2D eigenvalue weighted by molar-refractivity contribution is -0.120. The monoisotopic (exact) mass is 433 g/mol. The number of aryl methyl sites for hydroxylation is 2. The maximum atomic E-state index is 12.8. The van der Waals surface area contributed by atoms with Crippen LogP contribution >= 0.6 is 0 Å². The molecule has 7 nitrogen and oxygen atoms in total. The van der Waals surface area contributed by atoms with Crippen molar-refractivity contribution in [1.82, 2.24) is 9.62 Å². The minimum Gasteiger partial charge on any atom is -0.307 e. The Kier molecular flexibility index (Phi) is 6.16. The maximum Gasteiger partial charge on any atom is 0.332 e. The van der Waals surface area contributed by atoms with Crippen LogP contribution in [-0.4, -0.2) is 50.0 Å². The third-order valence-electron chi connectivity index (χ3n) is 6.71. The zero-order valence-corrected chi connectivity index (χ0v) is 18.4. The van der Waals surface area contributed by atoms with Gasteiger partial charge in [0.1, 0.15) is 5.78 Å². The normalized spacial score (nSPS) is 19.4. The molecule has 1 heterocycles. The predicted molar refractivity (Wildman–Crippen MR) is 116 cm³/mol. The Hall–Kier alpha value is -1.93. The van der Waals surface area contributed by atoms with E-state index in [1.165, 1.54) is 22.3 Å². The molecule has 0 spiro atoms. The lowest BCUT2D eigenvalue weighted by Gasteiger charge is -2.31. The van der Waals surface area contributed by atoms with Crippen molar-refractivity contribution in [3.63, 3.8) is 0 Å². The standard InChI is InChI=1S/C22H31N3O4S/c1-2-17(26)14-25-11-9-18(10-12-25)30(28,29)24-22(27)23-21-19-7-3-5-15(19)13-16-6-4-8-20(16)21/h13,18H,2-12,14H2,1H3,(H2,23,24,27). The first kappa shape index (κ1) is 21.3. The van der Waals surface area contributed by atoms with Gasteiger partial charge >= 0.3 is 6.03 Å². The van der Waals surface area contributed by atoms with Crippen molar-refractivity contribution in [1.29, 1.82) is 0 Å². The minimum atomic E-state index is -3.76. The highest BCUT2D eigenvalue weighted by molar-refractivity contribution is 7.90. The molecule has 4 rings (SSSR count). The lowest BCUT2D eigenvalue weighted by atomic mass is 9.99. The quantitative estimate of drug-likeness (QED) is 0.719. The highest BCUT2D eigenvalue weighted by atomic mass is 32.2. The van der Waals surface area contributed by atoms with E-state index in [0.29, 0.717) is 38.9 Å². The van der Waals surface area contributed by atoms with E-state index in [-0.39, 0.29) is 5.78 Å². The van der Waals surface area contributed by atoms with E-state index in [2.05, 4.69) is 16.1 Å². The number of carbonyl (C=O) groups is 2. The highest BCUT2D eigenvalue weighted by Crippen LogP contribution is 2.38. The molecule has 0 atom stereocenters. The molecule has 164 valence electrons.